The molecule has 3 nitrogen and oxygen atoms in total. The highest BCUT2D eigenvalue weighted by Crippen LogP contribution is 2.19. The molecule has 5 heteroatoms. The Morgan fingerprint density at radius 1 is 1.67 bits per heavy atom. The minimum atomic E-state index is -3.42. The fourth-order valence-electron chi connectivity index (χ4n) is 1.34. The lowest BCUT2D eigenvalue weighted by molar-refractivity contribution is 0.606. The summed E-state index contributed by atoms with van der Waals surface area (Å²) in [5.74, 6) is 0.180. The second kappa shape index (κ2) is 3.77. The van der Waals surface area contributed by atoms with Crippen LogP contribution in [0, 0.1) is 5.92 Å². The fourth-order valence-corrected chi connectivity index (χ4v) is 2.44. The molecule has 1 rings (SSSR count). The van der Waals surface area contributed by atoms with E-state index in [2.05, 4.69) is 11.9 Å². The number of rotatable bonds is 3. The zero-order valence-corrected chi connectivity index (χ0v) is 8.29. The third kappa shape index (κ3) is 3.13. The Hall–Kier alpha value is -0.0600. The smallest absolute Gasteiger partial charge is 0.236 e. The van der Waals surface area contributed by atoms with Gasteiger partial charge in [0.25, 0.3) is 0 Å². The van der Waals surface area contributed by atoms with E-state index >= 15 is 0 Å². The summed E-state index contributed by atoms with van der Waals surface area (Å²) in [5.41, 5.74) is 0.718. The molecule has 0 amide bonds. The maximum atomic E-state index is 10.7. The van der Waals surface area contributed by atoms with Gasteiger partial charge in [-0.05, 0) is 18.9 Å². The van der Waals surface area contributed by atoms with Crippen LogP contribution in [0.2, 0.25) is 0 Å². The lowest BCUT2D eigenvalue weighted by Gasteiger charge is -2.09. The molecule has 1 aliphatic rings. The van der Waals surface area contributed by atoms with Gasteiger partial charge in [-0.25, -0.2) is 8.42 Å². The Kier molecular flexibility index (Phi) is 3.15. The van der Waals surface area contributed by atoms with Crippen LogP contribution in [-0.4, -0.2) is 27.3 Å². The van der Waals surface area contributed by atoms with Crippen molar-refractivity contribution in [3.05, 3.63) is 12.2 Å². The van der Waals surface area contributed by atoms with E-state index in [0.717, 1.165) is 25.1 Å². The number of nitrogens with one attached hydrogen (secondary N) is 1. The molecule has 0 aromatic carbocycles. The Morgan fingerprint density at radius 2 is 2.33 bits per heavy atom. The van der Waals surface area contributed by atoms with Crippen LogP contribution in [0.5, 0.6) is 0 Å². The topological polar surface area (TPSA) is 46.2 Å². The molecule has 0 aliphatic carbocycles. The summed E-state index contributed by atoms with van der Waals surface area (Å²) in [6.07, 6.45) is 0.964. The first-order valence-electron chi connectivity index (χ1n) is 3.80. The highest BCUT2D eigenvalue weighted by atomic mass is 35.7. The molecular weight excluding hydrogens is 198 g/mol. The standard InChI is InChI=1S/C7H12ClNO2S/c1-6(5-12(8,10)11)7-2-3-9-4-7/h7,9H,1-5H2. The van der Waals surface area contributed by atoms with Gasteiger partial charge in [-0.1, -0.05) is 12.2 Å². The van der Waals surface area contributed by atoms with Crippen LogP contribution in [-0.2, 0) is 9.05 Å². The van der Waals surface area contributed by atoms with E-state index in [9.17, 15) is 8.42 Å². The number of hydrogen-bond acceptors (Lipinski definition) is 3. The summed E-state index contributed by atoms with van der Waals surface area (Å²) in [5, 5.41) is 3.14. The van der Waals surface area contributed by atoms with Crippen LogP contribution in [0.3, 0.4) is 0 Å². The normalized spacial score (nSPS) is 24.2. The van der Waals surface area contributed by atoms with E-state index < -0.39 is 9.05 Å². The summed E-state index contributed by atoms with van der Waals surface area (Å²) < 4.78 is 21.4. The van der Waals surface area contributed by atoms with E-state index in [-0.39, 0.29) is 11.7 Å². The van der Waals surface area contributed by atoms with Crippen LogP contribution in [0.25, 0.3) is 0 Å². The first-order chi connectivity index (χ1) is 5.49. The van der Waals surface area contributed by atoms with E-state index in [0.29, 0.717) is 0 Å². The second-order valence-electron chi connectivity index (χ2n) is 3.03. The summed E-state index contributed by atoms with van der Waals surface area (Å²) in [7, 11) is 1.68. The maximum Gasteiger partial charge on any atom is 0.236 e. The third-order valence-electron chi connectivity index (χ3n) is 2.00. The van der Waals surface area contributed by atoms with Gasteiger partial charge in [0, 0.05) is 17.2 Å². The molecule has 1 fully saturated rings. The van der Waals surface area contributed by atoms with Crippen molar-refractivity contribution in [2.75, 3.05) is 18.8 Å². The van der Waals surface area contributed by atoms with Crippen molar-refractivity contribution in [3.63, 3.8) is 0 Å². The van der Waals surface area contributed by atoms with Crippen molar-refractivity contribution in [2.24, 2.45) is 5.92 Å². The van der Waals surface area contributed by atoms with Gasteiger partial charge in [-0.15, -0.1) is 0 Å². The van der Waals surface area contributed by atoms with Crippen molar-refractivity contribution in [3.8, 4) is 0 Å². The van der Waals surface area contributed by atoms with E-state index in [4.69, 9.17) is 10.7 Å². The lowest BCUT2D eigenvalue weighted by Crippen LogP contribution is -2.14. The summed E-state index contributed by atoms with van der Waals surface area (Å²) >= 11 is 0. The van der Waals surface area contributed by atoms with Crippen LogP contribution < -0.4 is 5.32 Å². The van der Waals surface area contributed by atoms with Gasteiger partial charge in [-0.2, -0.15) is 0 Å². The SMILES string of the molecule is C=C(CS(=O)(=O)Cl)C1CCNC1. The molecule has 1 saturated heterocycles. The average molecular weight is 210 g/mol. The minimum Gasteiger partial charge on any atom is -0.316 e. The highest BCUT2D eigenvalue weighted by molar-refractivity contribution is 8.13. The molecule has 0 bridgehead atoms. The Balaban J connectivity index is 2.48. The molecule has 1 atom stereocenters. The van der Waals surface area contributed by atoms with Crippen LogP contribution in [0.15, 0.2) is 12.2 Å². The monoisotopic (exact) mass is 209 g/mol. The predicted molar refractivity (Wildman–Crippen MR) is 49.8 cm³/mol. The number of halogens is 1. The maximum absolute atomic E-state index is 10.7. The second-order valence-corrected chi connectivity index (χ2v) is 5.81. The molecule has 0 saturated carbocycles. The average Bonchev–Trinajstić information content (AvgIpc) is 2.32. The van der Waals surface area contributed by atoms with Gasteiger partial charge < -0.3 is 5.32 Å². The van der Waals surface area contributed by atoms with Crippen LogP contribution in [0.4, 0.5) is 0 Å². The molecule has 70 valence electrons. The fraction of sp³-hybridized carbons (Fsp3) is 0.714. The first-order valence-corrected chi connectivity index (χ1v) is 6.27. The molecule has 0 aromatic rings. The quantitative estimate of drug-likeness (QED) is 0.551. The molecule has 1 unspecified atom stereocenters. The first kappa shape index (κ1) is 10.0. The van der Waals surface area contributed by atoms with Gasteiger partial charge in [-0.3, -0.25) is 0 Å². The van der Waals surface area contributed by atoms with E-state index in [1.54, 1.807) is 0 Å². The van der Waals surface area contributed by atoms with Gasteiger partial charge in [0.15, 0.2) is 0 Å². The van der Waals surface area contributed by atoms with Gasteiger partial charge >= 0.3 is 0 Å². The molecular formula is C7H12ClNO2S. The van der Waals surface area contributed by atoms with E-state index in [1.165, 1.54) is 0 Å². The van der Waals surface area contributed by atoms with Gasteiger partial charge in [0.2, 0.25) is 9.05 Å². The minimum absolute atomic E-state index is 0.0963. The molecule has 12 heavy (non-hydrogen) atoms. The molecule has 0 spiro atoms. The number of hydrogen-bond donors (Lipinski definition) is 1. The third-order valence-corrected chi connectivity index (χ3v) is 3.04. The summed E-state index contributed by atoms with van der Waals surface area (Å²) in [6.45, 7) is 5.48. The molecule has 1 N–H and O–H groups in total. The molecule has 1 aliphatic heterocycles. The van der Waals surface area contributed by atoms with Crippen molar-refractivity contribution in [1.29, 1.82) is 0 Å². The molecule has 0 aromatic heterocycles. The zero-order valence-electron chi connectivity index (χ0n) is 6.72. The lowest BCUT2D eigenvalue weighted by atomic mass is 10.0. The van der Waals surface area contributed by atoms with Crippen molar-refractivity contribution in [2.45, 2.75) is 6.42 Å². The van der Waals surface area contributed by atoms with Crippen molar-refractivity contribution < 1.29 is 8.42 Å². The van der Waals surface area contributed by atoms with Gasteiger partial charge in [0.1, 0.15) is 0 Å². The highest BCUT2D eigenvalue weighted by Gasteiger charge is 2.20. The van der Waals surface area contributed by atoms with Crippen molar-refractivity contribution >= 4 is 19.7 Å². The Morgan fingerprint density at radius 3 is 2.75 bits per heavy atom. The Labute approximate surface area is 77.2 Å². The zero-order chi connectivity index (χ0) is 9.19. The largest absolute Gasteiger partial charge is 0.316 e. The summed E-state index contributed by atoms with van der Waals surface area (Å²) in [6, 6.07) is 0. The predicted octanol–water partition coefficient (Wildman–Crippen LogP) is 0.721. The summed E-state index contributed by atoms with van der Waals surface area (Å²) in [4.78, 5) is 0. The molecule has 0 radical (unpaired) electrons. The Bertz CT molecular complexity index is 267. The van der Waals surface area contributed by atoms with Gasteiger partial charge in [0.05, 0.1) is 5.75 Å². The molecule has 1 heterocycles. The van der Waals surface area contributed by atoms with Crippen molar-refractivity contribution in [1.82, 2.24) is 5.32 Å². The van der Waals surface area contributed by atoms with Crippen LogP contribution >= 0.6 is 10.7 Å². The van der Waals surface area contributed by atoms with E-state index in [1.807, 2.05) is 0 Å². The van der Waals surface area contributed by atoms with Crippen LogP contribution in [0.1, 0.15) is 6.42 Å².